The van der Waals surface area contributed by atoms with Crippen molar-refractivity contribution in [1.82, 2.24) is 0 Å². The van der Waals surface area contributed by atoms with Crippen molar-refractivity contribution in [3.8, 4) is 74.8 Å². The van der Waals surface area contributed by atoms with Crippen LogP contribution in [-0.2, 0) is 15.5 Å². The second-order valence-corrected chi connectivity index (χ2v) is 16.4. The van der Waals surface area contributed by atoms with E-state index in [2.05, 4.69) is 5.92 Å². The number of rotatable bonds is 12. The van der Waals surface area contributed by atoms with Crippen molar-refractivity contribution in [3.63, 3.8) is 0 Å². The molecule has 0 spiro atoms. The summed E-state index contributed by atoms with van der Waals surface area (Å²) in [6, 6.07) is 16.8. The van der Waals surface area contributed by atoms with Crippen LogP contribution in [0.5, 0.6) is 40.2 Å². The summed E-state index contributed by atoms with van der Waals surface area (Å²) >= 11 is 0. The Morgan fingerprint density at radius 3 is 1.39 bits per heavy atom. The molecule has 23 heteroatoms. The minimum Gasteiger partial charge on any atom is -0.744 e. The average Bonchev–Trinajstić information content (AvgIpc) is 3.32. The van der Waals surface area contributed by atoms with Gasteiger partial charge >= 0.3 is 63.7 Å². The van der Waals surface area contributed by atoms with E-state index in [9.17, 15) is 39.3 Å². The van der Waals surface area contributed by atoms with Gasteiger partial charge in [-0.25, -0.2) is 26.0 Å². The molecule has 0 aromatic heterocycles. The first kappa shape index (κ1) is 55.2. The Labute approximate surface area is 441 Å². The van der Waals surface area contributed by atoms with Crippen molar-refractivity contribution in [2.45, 2.75) is 29.6 Å². The number of hydrogen-bond donors (Lipinski definition) is 0. The Hall–Kier alpha value is -6.13. The van der Waals surface area contributed by atoms with Crippen LogP contribution in [0.4, 0.5) is 61.5 Å². The molecule has 7 aromatic carbocycles. The quantitative estimate of drug-likeness (QED) is 0.0396. The maximum atomic E-state index is 15.7. The molecule has 0 saturated carbocycles. The number of terminal acetylenes is 1. The molecule has 7 aromatic rings. The average molecular weight is 1060 g/mol. The standard InChI is InChI=1S/C49H26F14O7S.K/c1-4-24-6-8-25(9-7-24)31-21-23(2)5-19-32(31)68-30-18-20-33(34(22-30)71(64,65)66)70-46-43(56)39(52)36(40(53)44(46)57)35-37(50)41(54)45(42(55)38(35)51)69-29-16-12-27(13-17-29)47(48(58,59)60,49(61,62)63)26-10-14-28(67-3)15-11-26;/h1,5-22H,2-3H3,(H,64,65,66);/q;+1/p-1. The van der Waals surface area contributed by atoms with Crippen LogP contribution in [0.3, 0.4) is 0 Å². The summed E-state index contributed by atoms with van der Waals surface area (Å²) in [5.74, 6) is -26.6. The zero-order valence-electron chi connectivity index (χ0n) is 36.5. The molecule has 368 valence electrons. The molecule has 0 atom stereocenters. The smallest absolute Gasteiger partial charge is 0.744 e. The van der Waals surface area contributed by atoms with Crippen LogP contribution in [0.2, 0.25) is 0 Å². The molecule has 0 N–H and O–H groups in total. The van der Waals surface area contributed by atoms with Crippen LogP contribution in [0, 0.1) is 65.8 Å². The number of ether oxygens (including phenoxy) is 4. The monoisotopic (exact) mass is 1060 g/mol. The van der Waals surface area contributed by atoms with Crippen LogP contribution < -0.4 is 70.3 Å². The van der Waals surface area contributed by atoms with Crippen LogP contribution >= 0.6 is 0 Å². The summed E-state index contributed by atoms with van der Waals surface area (Å²) in [5, 5.41) is 0. The maximum absolute atomic E-state index is 15.7. The van der Waals surface area contributed by atoms with Crippen LogP contribution in [0.25, 0.3) is 22.3 Å². The van der Waals surface area contributed by atoms with Gasteiger partial charge in [-0.2, -0.15) is 43.9 Å². The zero-order valence-corrected chi connectivity index (χ0v) is 40.5. The predicted octanol–water partition coefficient (Wildman–Crippen LogP) is 11.1. The van der Waals surface area contributed by atoms with Gasteiger partial charge in [0.1, 0.15) is 43.8 Å². The van der Waals surface area contributed by atoms with Crippen molar-refractivity contribution in [3.05, 3.63) is 178 Å². The van der Waals surface area contributed by atoms with Crippen molar-refractivity contribution >= 4 is 10.1 Å². The van der Waals surface area contributed by atoms with E-state index in [1.165, 1.54) is 6.07 Å². The topological polar surface area (TPSA) is 94.1 Å². The summed E-state index contributed by atoms with van der Waals surface area (Å²) in [7, 11) is -4.63. The van der Waals surface area contributed by atoms with Gasteiger partial charge < -0.3 is 23.5 Å². The first-order chi connectivity index (χ1) is 33.2. The Bertz CT molecular complexity index is 3310. The second-order valence-electron chi connectivity index (χ2n) is 15.0. The van der Waals surface area contributed by atoms with Crippen LogP contribution in [0.1, 0.15) is 22.3 Å². The molecule has 0 aliphatic carbocycles. The largest absolute Gasteiger partial charge is 1.00 e. The molecule has 0 fully saturated rings. The fourth-order valence-electron chi connectivity index (χ4n) is 7.33. The van der Waals surface area contributed by atoms with E-state index >= 15 is 35.1 Å². The number of alkyl halides is 6. The Balaban J connectivity index is 0.00000847. The molecule has 0 radical (unpaired) electrons. The van der Waals surface area contributed by atoms with Gasteiger partial charge in [0.15, 0.2) is 23.3 Å². The van der Waals surface area contributed by atoms with Crippen LogP contribution in [0.15, 0.2) is 114 Å². The van der Waals surface area contributed by atoms with Crippen molar-refractivity contribution in [1.29, 1.82) is 0 Å². The molecular formula is C49H25F14KO7S. The Kier molecular flexibility index (Phi) is 15.9. The van der Waals surface area contributed by atoms with E-state index in [-0.39, 0.29) is 75.0 Å². The molecule has 7 nitrogen and oxygen atoms in total. The molecule has 0 bridgehead atoms. The molecule has 0 heterocycles. The van der Waals surface area contributed by atoms with Gasteiger partial charge in [-0.05, 0) is 84.3 Å². The maximum Gasteiger partial charge on any atom is 1.00 e. The molecule has 0 amide bonds. The van der Waals surface area contributed by atoms with Gasteiger partial charge in [0.25, 0.3) is 0 Å². The fraction of sp³-hybridized carbons (Fsp3) is 0.102. The first-order valence-electron chi connectivity index (χ1n) is 19.7. The van der Waals surface area contributed by atoms with Gasteiger partial charge in [-0.1, -0.05) is 53.9 Å². The fourth-order valence-corrected chi connectivity index (χ4v) is 7.94. The van der Waals surface area contributed by atoms with Gasteiger partial charge in [0.2, 0.25) is 40.2 Å². The minimum atomic E-state index is -6.11. The van der Waals surface area contributed by atoms with E-state index in [0.717, 1.165) is 30.9 Å². The van der Waals surface area contributed by atoms with Gasteiger partial charge in [-0.3, -0.25) is 0 Å². The Morgan fingerprint density at radius 1 is 0.528 bits per heavy atom. The summed E-state index contributed by atoms with van der Waals surface area (Å²) in [6.07, 6.45) is -6.80. The predicted molar refractivity (Wildman–Crippen MR) is 223 cm³/mol. The Morgan fingerprint density at radius 2 is 0.958 bits per heavy atom. The SMILES string of the molecule is C#Cc1ccc(-c2cc(C)ccc2Oc2ccc(Oc3c(F)c(F)c(-c4c(F)c(F)c(Oc5ccc(C(c6ccc(OC)cc6)(C(F)(F)F)C(F)(F)F)cc5)c(F)c4F)c(F)c3F)c(S(=O)(=O)[O-])c2)cc1.[K+]. The number of hydrogen-bond acceptors (Lipinski definition) is 7. The van der Waals surface area contributed by atoms with Crippen molar-refractivity contribution < 1.29 is 145 Å². The van der Waals surface area contributed by atoms with Gasteiger partial charge in [-0.15, -0.1) is 6.42 Å². The molecule has 72 heavy (non-hydrogen) atoms. The first-order valence-corrected chi connectivity index (χ1v) is 21.1. The van der Waals surface area contributed by atoms with Crippen molar-refractivity contribution in [2.24, 2.45) is 0 Å². The van der Waals surface area contributed by atoms with Crippen molar-refractivity contribution in [2.75, 3.05) is 7.11 Å². The third-order valence-electron chi connectivity index (χ3n) is 10.7. The number of methoxy groups -OCH3 is 1. The number of aryl methyl sites for hydroxylation is 1. The normalized spacial score (nSPS) is 11.9. The van der Waals surface area contributed by atoms with E-state index < -0.39 is 130 Å². The van der Waals surface area contributed by atoms with E-state index in [1.807, 2.05) is 0 Å². The molecular weight excluding hydrogens is 1040 g/mol. The second kappa shape index (κ2) is 20.8. The van der Waals surface area contributed by atoms with E-state index in [0.29, 0.717) is 53.1 Å². The molecule has 7 rings (SSSR count). The summed E-state index contributed by atoms with van der Waals surface area (Å²) in [6.45, 7) is 1.74. The van der Waals surface area contributed by atoms with Crippen LogP contribution in [-0.4, -0.2) is 32.4 Å². The minimum absolute atomic E-state index is 0. The van der Waals surface area contributed by atoms with E-state index in [1.54, 1.807) is 43.3 Å². The molecule has 0 aliphatic rings. The third-order valence-corrected chi connectivity index (χ3v) is 11.6. The molecule has 0 unspecified atom stereocenters. The summed E-state index contributed by atoms with van der Waals surface area (Å²) in [4.78, 5) is -1.42. The zero-order chi connectivity index (χ0) is 52.1. The summed E-state index contributed by atoms with van der Waals surface area (Å²) in [5.41, 5.74) is -10.2. The number of halogens is 14. The van der Waals surface area contributed by atoms with E-state index in [4.69, 9.17) is 25.4 Å². The molecule has 0 aliphatic heterocycles. The number of benzene rings is 7. The third kappa shape index (κ3) is 10.1. The van der Waals surface area contributed by atoms with Gasteiger partial charge in [0.05, 0.1) is 18.2 Å². The van der Waals surface area contributed by atoms with Gasteiger partial charge in [0, 0.05) is 17.2 Å². The summed E-state index contributed by atoms with van der Waals surface area (Å²) < 4.78 is 269. The molecule has 0 saturated heterocycles.